The van der Waals surface area contributed by atoms with E-state index in [9.17, 15) is 14.3 Å². The summed E-state index contributed by atoms with van der Waals surface area (Å²) < 4.78 is 26.5. The number of fused-ring (bicyclic) bond motifs is 2. The number of β-amino-alcohol motifs (C(OH)–C–C–N with tert-alkyl or cyclic N) is 1. The van der Waals surface area contributed by atoms with E-state index in [0.29, 0.717) is 38.2 Å². The van der Waals surface area contributed by atoms with Gasteiger partial charge in [-0.2, -0.15) is 0 Å². The Morgan fingerprint density at radius 2 is 1.85 bits per heavy atom. The molecular formula is C27H33FN2O4. The number of amides is 1. The van der Waals surface area contributed by atoms with Gasteiger partial charge in [0.25, 0.3) is 0 Å². The van der Waals surface area contributed by atoms with Crippen molar-refractivity contribution >= 4 is 5.91 Å². The molecule has 2 saturated heterocycles. The van der Waals surface area contributed by atoms with Crippen LogP contribution in [0.1, 0.15) is 36.0 Å². The van der Waals surface area contributed by atoms with Gasteiger partial charge in [-0.05, 0) is 36.5 Å². The van der Waals surface area contributed by atoms with Gasteiger partial charge in [0, 0.05) is 37.8 Å². The minimum Gasteiger partial charge on any atom is -0.389 e. The maximum Gasteiger partial charge on any atom is 0.225 e. The van der Waals surface area contributed by atoms with Crippen LogP contribution in [0.15, 0.2) is 48.5 Å². The lowest BCUT2D eigenvalue weighted by Crippen LogP contribution is -2.55. The van der Waals surface area contributed by atoms with E-state index in [-0.39, 0.29) is 36.6 Å². The van der Waals surface area contributed by atoms with Gasteiger partial charge in [-0.15, -0.1) is 0 Å². The summed E-state index contributed by atoms with van der Waals surface area (Å²) in [6.45, 7) is 2.78. The SMILES string of the molecule is O=C(C[C@H]1CC[C@H]2[C@@H](COC[C@@H](O)CN2Cc2ccccc2F)O1)N1CCc2ccccc2C1. The Balaban J connectivity index is 1.23. The summed E-state index contributed by atoms with van der Waals surface area (Å²) in [5.41, 5.74) is 3.16. The highest BCUT2D eigenvalue weighted by Crippen LogP contribution is 2.30. The Kier molecular flexibility index (Phi) is 7.25. The van der Waals surface area contributed by atoms with Gasteiger partial charge in [0.15, 0.2) is 0 Å². The van der Waals surface area contributed by atoms with Gasteiger partial charge in [0.1, 0.15) is 5.82 Å². The number of benzene rings is 2. The van der Waals surface area contributed by atoms with E-state index in [4.69, 9.17) is 9.47 Å². The predicted octanol–water partition coefficient (Wildman–Crippen LogP) is 2.91. The molecule has 2 fully saturated rings. The number of carbonyl (C=O) groups excluding carboxylic acids is 1. The summed E-state index contributed by atoms with van der Waals surface area (Å²) in [5, 5.41) is 10.4. The molecule has 3 aliphatic heterocycles. The summed E-state index contributed by atoms with van der Waals surface area (Å²) in [6.07, 6.45) is 1.81. The lowest BCUT2D eigenvalue weighted by atomic mass is 9.93. The second-order valence-electron chi connectivity index (χ2n) is 9.69. The zero-order valence-corrected chi connectivity index (χ0v) is 19.4. The summed E-state index contributed by atoms with van der Waals surface area (Å²) in [7, 11) is 0. The molecule has 2 aromatic carbocycles. The zero-order chi connectivity index (χ0) is 23.5. The Bertz CT molecular complexity index is 1000. The van der Waals surface area contributed by atoms with Crippen LogP contribution >= 0.6 is 0 Å². The number of aliphatic hydroxyl groups excluding tert-OH is 1. The first-order valence-corrected chi connectivity index (χ1v) is 12.3. The second kappa shape index (κ2) is 10.5. The van der Waals surface area contributed by atoms with Crippen LogP contribution in [0.4, 0.5) is 4.39 Å². The molecule has 0 radical (unpaired) electrons. The van der Waals surface area contributed by atoms with Gasteiger partial charge in [0.05, 0.1) is 37.9 Å². The third-order valence-electron chi connectivity index (χ3n) is 7.30. The van der Waals surface area contributed by atoms with Gasteiger partial charge in [-0.25, -0.2) is 4.39 Å². The van der Waals surface area contributed by atoms with Crippen LogP contribution in [0.3, 0.4) is 0 Å². The molecule has 0 aromatic heterocycles. The fourth-order valence-electron chi connectivity index (χ4n) is 5.51. The Morgan fingerprint density at radius 3 is 2.71 bits per heavy atom. The average molecular weight is 469 g/mol. The molecule has 3 aliphatic rings. The van der Waals surface area contributed by atoms with Crippen LogP contribution in [0.5, 0.6) is 0 Å². The molecule has 1 amide bonds. The fraction of sp³-hybridized carbons (Fsp3) is 0.519. The summed E-state index contributed by atoms with van der Waals surface area (Å²) >= 11 is 0. The average Bonchev–Trinajstić information content (AvgIpc) is 2.84. The van der Waals surface area contributed by atoms with Crippen LogP contribution in [-0.4, -0.2) is 71.5 Å². The Hall–Kier alpha value is -2.32. The normalized spacial score (nSPS) is 27.9. The zero-order valence-electron chi connectivity index (χ0n) is 19.4. The highest BCUT2D eigenvalue weighted by atomic mass is 19.1. The highest BCUT2D eigenvalue weighted by molar-refractivity contribution is 5.77. The second-order valence-corrected chi connectivity index (χ2v) is 9.69. The molecule has 0 spiro atoms. The molecule has 5 rings (SSSR count). The van der Waals surface area contributed by atoms with Crippen LogP contribution < -0.4 is 0 Å². The Labute approximate surface area is 200 Å². The first-order chi connectivity index (χ1) is 16.6. The van der Waals surface area contributed by atoms with Crippen molar-refractivity contribution in [2.45, 2.75) is 63.1 Å². The van der Waals surface area contributed by atoms with Gasteiger partial charge in [-0.3, -0.25) is 9.69 Å². The van der Waals surface area contributed by atoms with E-state index >= 15 is 0 Å². The number of hydrogen-bond acceptors (Lipinski definition) is 5. The predicted molar refractivity (Wildman–Crippen MR) is 125 cm³/mol. The Morgan fingerprint density at radius 1 is 1.06 bits per heavy atom. The molecule has 3 heterocycles. The van der Waals surface area contributed by atoms with E-state index in [1.54, 1.807) is 12.1 Å². The molecule has 2 aromatic rings. The van der Waals surface area contributed by atoms with Crippen molar-refractivity contribution in [3.63, 3.8) is 0 Å². The van der Waals surface area contributed by atoms with Gasteiger partial charge >= 0.3 is 0 Å². The largest absolute Gasteiger partial charge is 0.389 e. The van der Waals surface area contributed by atoms with E-state index in [1.807, 2.05) is 23.1 Å². The van der Waals surface area contributed by atoms with Gasteiger partial charge in [-0.1, -0.05) is 42.5 Å². The molecule has 0 aliphatic carbocycles. The summed E-state index contributed by atoms with van der Waals surface area (Å²) in [6, 6.07) is 15.1. The van der Waals surface area contributed by atoms with Crippen molar-refractivity contribution in [3.05, 3.63) is 71.0 Å². The molecule has 34 heavy (non-hydrogen) atoms. The first-order valence-electron chi connectivity index (χ1n) is 12.3. The smallest absolute Gasteiger partial charge is 0.225 e. The lowest BCUT2D eigenvalue weighted by molar-refractivity contribution is -0.161. The molecule has 7 heteroatoms. The number of nitrogens with zero attached hydrogens (tertiary/aromatic N) is 2. The molecule has 0 bridgehead atoms. The van der Waals surface area contributed by atoms with Crippen molar-refractivity contribution in [3.8, 4) is 0 Å². The molecular weight excluding hydrogens is 435 g/mol. The molecule has 0 saturated carbocycles. The van der Waals surface area contributed by atoms with Crippen molar-refractivity contribution in [2.24, 2.45) is 0 Å². The van der Waals surface area contributed by atoms with Gasteiger partial charge < -0.3 is 19.5 Å². The highest BCUT2D eigenvalue weighted by Gasteiger charge is 2.38. The number of halogens is 1. The van der Waals surface area contributed by atoms with E-state index < -0.39 is 6.10 Å². The van der Waals surface area contributed by atoms with Crippen molar-refractivity contribution < 1.29 is 23.8 Å². The summed E-state index contributed by atoms with van der Waals surface area (Å²) in [5.74, 6) is -0.112. The topological polar surface area (TPSA) is 62.2 Å². The minimum atomic E-state index is -0.631. The number of rotatable bonds is 4. The number of ether oxygens (including phenoxy) is 2. The maximum atomic E-state index is 14.3. The maximum absolute atomic E-state index is 14.3. The molecule has 4 atom stereocenters. The van der Waals surface area contributed by atoms with Crippen LogP contribution in [0, 0.1) is 5.82 Å². The first kappa shape index (κ1) is 23.4. The standard InChI is InChI=1S/C27H33FN2O4/c28-24-8-4-3-7-21(24)15-30-16-22(31)17-33-18-26-25(30)10-9-23(34-26)13-27(32)29-12-11-19-5-1-2-6-20(19)14-29/h1-8,22-23,25-26,31H,9-18H2/t22-,23+,25-,26+/m0/s1. The molecule has 1 N–H and O–H groups in total. The minimum absolute atomic E-state index is 0.00257. The van der Waals surface area contributed by atoms with Crippen LogP contribution in [0.2, 0.25) is 0 Å². The number of carbonyl (C=O) groups is 1. The van der Waals surface area contributed by atoms with Crippen molar-refractivity contribution in [2.75, 3.05) is 26.3 Å². The number of hydrogen-bond donors (Lipinski definition) is 1. The lowest BCUT2D eigenvalue weighted by Gasteiger charge is -2.44. The van der Waals surface area contributed by atoms with Crippen LogP contribution in [-0.2, 0) is 33.8 Å². The third-order valence-corrected chi connectivity index (χ3v) is 7.30. The quantitative estimate of drug-likeness (QED) is 0.748. The fourth-order valence-corrected chi connectivity index (χ4v) is 5.51. The van der Waals surface area contributed by atoms with Gasteiger partial charge in [0.2, 0.25) is 5.91 Å². The summed E-state index contributed by atoms with van der Waals surface area (Å²) in [4.78, 5) is 17.1. The van der Waals surface area contributed by atoms with Crippen molar-refractivity contribution in [1.82, 2.24) is 9.80 Å². The molecule has 182 valence electrons. The van der Waals surface area contributed by atoms with E-state index in [2.05, 4.69) is 17.0 Å². The van der Waals surface area contributed by atoms with E-state index in [1.165, 1.54) is 17.2 Å². The monoisotopic (exact) mass is 468 g/mol. The third kappa shape index (κ3) is 5.33. The van der Waals surface area contributed by atoms with E-state index in [0.717, 1.165) is 25.8 Å². The molecule has 0 unspecified atom stereocenters. The number of aliphatic hydroxyl groups is 1. The van der Waals surface area contributed by atoms with Crippen molar-refractivity contribution in [1.29, 1.82) is 0 Å². The molecule has 6 nitrogen and oxygen atoms in total. The van der Waals surface area contributed by atoms with Crippen LogP contribution in [0.25, 0.3) is 0 Å².